The maximum Gasteiger partial charge on any atom is 0.356 e. The van der Waals surface area contributed by atoms with Gasteiger partial charge in [0.25, 0.3) is 0 Å². The van der Waals surface area contributed by atoms with E-state index in [0.29, 0.717) is 19.0 Å². The molecule has 2 heterocycles. The molecule has 3 rings (SSSR count). The minimum absolute atomic E-state index is 0.0265. The quantitative estimate of drug-likeness (QED) is 0.720. The molecule has 0 fully saturated rings. The first-order valence-electron chi connectivity index (χ1n) is 6.31. The number of carboxylic acid groups (broad SMARTS) is 1. The molecule has 106 valence electrons. The Morgan fingerprint density at radius 2 is 2.05 bits per heavy atom. The van der Waals surface area contributed by atoms with Crippen molar-refractivity contribution in [3.8, 4) is 0 Å². The Bertz CT molecular complexity index is 785. The Balaban J connectivity index is 1.62. The lowest BCUT2D eigenvalue weighted by Crippen LogP contribution is -2.12. The van der Waals surface area contributed by atoms with Gasteiger partial charge in [-0.2, -0.15) is 0 Å². The molecule has 0 unspecified atom stereocenters. The molecule has 1 aromatic carbocycles. The van der Waals surface area contributed by atoms with Crippen LogP contribution in [0.2, 0.25) is 0 Å². The van der Waals surface area contributed by atoms with Crippen molar-refractivity contribution in [2.45, 2.75) is 6.54 Å². The van der Waals surface area contributed by atoms with E-state index < -0.39 is 5.97 Å². The fraction of sp³-hybridized carbons (Fsp3) is 0.154. The molecule has 8 heteroatoms. The van der Waals surface area contributed by atoms with Crippen LogP contribution >= 0.6 is 0 Å². The van der Waals surface area contributed by atoms with Gasteiger partial charge in [0, 0.05) is 19.3 Å². The van der Waals surface area contributed by atoms with Gasteiger partial charge in [0.1, 0.15) is 5.52 Å². The summed E-state index contributed by atoms with van der Waals surface area (Å²) in [6.07, 6.45) is 2.95. The number of aromatic carboxylic acids is 1. The first kappa shape index (κ1) is 13.0. The Morgan fingerprint density at radius 3 is 2.81 bits per heavy atom. The number of carbonyl (C=O) groups is 1. The number of fused-ring (bicyclic) bond motifs is 1. The number of rotatable bonds is 5. The van der Waals surface area contributed by atoms with Gasteiger partial charge in [-0.25, -0.2) is 14.8 Å². The van der Waals surface area contributed by atoms with Crippen LogP contribution in [0, 0.1) is 0 Å². The number of nitrogens with zero attached hydrogens (tertiary/aromatic N) is 5. The molecule has 2 aromatic heterocycles. The number of anilines is 1. The lowest BCUT2D eigenvalue weighted by molar-refractivity contribution is 0.0691. The third-order valence-corrected chi connectivity index (χ3v) is 2.87. The molecule has 0 atom stereocenters. The highest BCUT2D eigenvalue weighted by Gasteiger charge is 2.06. The molecule has 0 aliphatic rings. The zero-order valence-corrected chi connectivity index (χ0v) is 11.0. The molecule has 0 aliphatic heterocycles. The summed E-state index contributed by atoms with van der Waals surface area (Å²) in [5.41, 5.74) is 1.54. The van der Waals surface area contributed by atoms with Crippen LogP contribution in [-0.2, 0) is 6.54 Å². The fourth-order valence-electron chi connectivity index (χ4n) is 1.85. The summed E-state index contributed by atoms with van der Waals surface area (Å²) in [7, 11) is 0. The minimum Gasteiger partial charge on any atom is -0.476 e. The van der Waals surface area contributed by atoms with Crippen LogP contribution in [0.15, 0.2) is 36.8 Å². The smallest absolute Gasteiger partial charge is 0.356 e. The zero-order valence-electron chi connectivity index (χ0n) is 11.0. The summed E-state index contributed by atoms with van der Waals surface area (Å²) in [6.45, 7) is 1.09. The molecule has 0 saturated heterocycles. The number of hydrogen-bond donors (Lipinski definition) is 2. The summed E-state index contributed by atoms with van der Waals surface area (Å²) in [5, 5.41) is 19.9. The van der Waals surface area contributed by atoms with Gasteiger partial charge in [-0.3, -0.25) is 0 Å². The van der Waals surface area contributed by atoms with E-state index in [9.17, 15) is 4.79 Å². The van der Waals surface area contributed by atoms with E-state index in [1.54, 1.807) is 4.57 Å². The standard InChI is InChI=1S/C13H12N6O2/c20-12(21)11-7-19(8-15-11)6-5-14-13-16-9-3-1-2-4-10(9)17-18-13/h1-4,7-8H,5-6H2,(H,20,21)(H,14,16,18). The highest BCUT2D eigenvalue weighted by Crippen LogP contribution is 2.08. The topological polar surface area (TPSA) is 106 Å². The van der Waals surface area contributed by atoms with E-state index in [2.05, 4.69) is 25.5 Å². The van der Waals surface area contributed by atoms with Crippen molar-refractivity contribution in [3.63, 3.8) is 0 Å². The van der Waals surface area contributed by atoms with Crippen LogP contribution < -0.4 is 5.32 Å². The van der Waals surface area contributed by atoms with Crippen molar-refractivity contribution in [3.05, 3.63) is 42.5 Å². The van der Waals surface area contributed by atoms with Crippen LogP contribution in [0.25, 0.3) is 11.0 Å². The van der Waals surface area contributed by atoms with Gasteiger partial charge in [-0.05, 0) is 12.1 Å². The summed E-state index contributed by atoms with van der Waals surface area (Å²) >= 11 is 0. The zero-order chi connectivity index (χ0) is 14.7. The van der Waals surface area contributed by atoms with Gasteiger partial charge in [-0.15, -0.1) is 10.2 Å². The first-order valence-corrected chi connectivity index (χ1v) is 6.31. The molecule has 0 radical (unpaired) electrons. The van der Waals surface area contributed by atoms with Gasteiger partial charge >= 0.3 is 5.97 Å². The van der Waals surface area contributed by atoms with E-state index in [1.807, 2.05) is 24.3 Å². The van der Waals surface area contributed by atoms with Gasteiger partial charge in [0.2, 0.25) is 5.95 Å². The minimum atomic E-state index is -1.04. The second kappa shape index (κ2) is 5.53. The largest absolute Gasteiger partial charge is 0.476 e. The number of benzene rings is 1. The molecular formula is C13H12N6O2. The molecule has 8 nitrogen and oxygen atoms in total. The normalized spacial score (nSPS) is 10.7. The molecule has 21 heavy (non-hydrogen) atoms. The van der Waals surface area contributed by atoms with Crippen LogP contribution in [0.3, 0.4) is 0 Å². The summed E-state index contributed by atoms with van der Waals surface area (Å²) in [4.78, 5) is 18.8. The lowest BCUT2D eigenvalue weighted by atomic mass is 10.3. The Labute approximate surface area is 119 Å². The number of para-hydroxylation sites is 1. The molecular weight excluding hydrogens is 272 g/mol. The van der Waals surface area contributed by atoms with Crippen molar-refractivity contribution in [2.75, 3.05) is 11.9 Å². The van der Waals surface area contributed by atoms with E-state index in [4.69, 9.17) is 5.11 Å². The number of imidazole rings is 1. The fourth-order valence-corrected chi connectivity index (χ4v) is 1.85. The number of nitrogens with one attached hydrogen (secondary N) is 1. The molecule has 0 spiro atoms. The predicted octanol–water partition coefficient (Wildman–Crippen LogP) is 1.03. The molecule has 2 N–H and O–H groups in total. The summed E-state index contributed by atoms with van der Waals surface area (Å²) in [6, 6.07) is 7.48. The average Bonchev–Trinajstić information content (AvgIpc) is 2.96. The third kappa shape index (κ3) is 2.94. The lowest BCUT2D eigenvalue weighted by Gasteiger charge is -2.05. The first-order chi connectivity index (χ1) is 10.2. The molecule has 3 aromatic rings. The van der Waals surface area contributed by atoms with E-state index in [0.717, 1.165) is 11.0 Å². The predicted molar refractivity (Wildman–Crippen MR) is 75.0 cm³/mol. The number of hydrogen-bond acceptors (Lipinski definition) is 6. The molecule has 0 aliphatic carbocycles. The van der Waals surface area contributed by atoms with E-state index in [1.165, 1.54) is 12.5 Å². The third-order valence-electron chi connectivity index (χ3n) is 2.87. The Kier molecular flexibility index (Phi) is 3.42. The SMILES string of the molecule is O=C(O)c1cn(CCNc2nnc3ccccc3n2)cn1. The molecule has 0 bridgehead atoms. The van der Waals surface area contributed by atoms with E-state index >= 15 is 0 Å². The van der Waals surface area contributed by atoms with Gasteiger partial charge < -0.3 is 15.0 Å². The Hall–Kier alpha value is -3.03. The van der Waals surface area contributed by atoms with Crippen LogP contribution in [0.1, 0.15) is 10.5 Å². The van der Waals surface area contributed by atoms with Crippen LogP contribution in [-0.4, -0.2) is 42.4 Å². The van der Waals surface area contributed by atoms with Crippen molar-refractivity contribution >= 4 is 23.0 Å². The van der Waals surface area contributed by atoms with Crippen LogP contribution in [0.5, 0.6) is 0 Å². The number of carboxylic acids is 1. The van der Waals surface area contributed by atoms with Crippen molar-refractivity contribution in [2.24, 2.45) is 0 Å². The van der Waals surface area contributed by atoms with Crippen molar-refractivity contribution in [1.29, 1.82) is 0 Å². The van der Waals surface area contributed by atoms with Crippen molar-refractivity contribution < 1.29 is 9.90 Å². The number of aromatic nitrogens is 5. The highest BCUT2D eigenvalue weighted by atomic mass is 16.4. The summed E-state index contributed by atoms with van der Waals surface area (Å²) in [5.74, 6) is -0.601. The van der Waals surface area contributed by atoms with Gasteiger partial charge in [-0.1, -0.05) is 12.1 Å². The molecule has 0 amide bonds. The second-order valence-electron chi connectivity index (χ2n) is 4.35. The maximum atomic E-state index is 10.7. The average molecular weight is 284 g/mol. The Morgan fingerprint density at radius 1 is 1.24 bits per heavy atom. The van der Waals surface area contributed by atoms with Crippen molar-refractivity contribution in [1.82, 2.24) is 24.7 Å². The van der Waals surface area contributed by atoms with Gasteiger partial charge in [0.05, 0.1) is 11.8 Å². The summed E-state index contributed by atoms with van der Waals surface area (Å²) < 4.78 is 1.69. The van der Waals surface area contributed by atoms with Gasteiger partial charge in [0.15, 0.2) is 5.69 Å². The van der Waals surface area contributed by atoms with Crippen LogP contribution in [0.4, 0.5) is 5.95 Å². The molecule has 0 saturated carbocycles. The monoisotopic (exact) mass is 284 g/mol. The highest BCUT2D eigenvalue weighted by molar-refractivity contribution is 5.84. The van der Waals surface area contributed by atoms with E-state index in [-0.39, 0.29) is 5.69 Å². The second-order valence-corrected chi connectivity index (χ2v) is 4.35. The maximum absolute atomic E-state index is 10.7.